The summed E-state index contributed by atoms with van der Waals surface area (Å²) in [5.74, 6) is 1.66. The minimum atomic E-state index is -0.199. The highest BCUT2D eigenvalue weighted by atomic mass is 16.5. The molecule has 0 aliphatic carbocycles. The van der Waals surface area contributed by atoms with Gasteiger partial charge in [0.15, 0.2) is 0 Å². The molecule has 0 atom stereocenters. The summed E-state index contributed by atoms with van der Waals surface area (Å²) in [4.78, 5) is 12.4. The van der Waals surface area contributed by atoms with E-state index in [0.29, 0.717) is 35.1 Å². The Hall–Kier alpha value is -3.05. The fraction of sp³-hybridized carbons (Fsp3) is 0.150. The second-order valence-electron chi connectivity index (χ2n) is 5.42. The van der Waals surface area contributed by atoms with Crippen molar-refractivity contribution in [1.29, 1.82) is 0 Å². The minimum Gasteiger partial charge on any atom is -0.494 e. The summed E-state index contributed by atoms with van der Waals surface area (Å²) in [6, 6.07) is 17.9. The third-order valence-corrected chi connectivity index (χ3v) is 3.65. The van der Waals surface area contributed by atoms with Gasteiger partial charge < -0.3 is 19.6 Å². The van der Waals surface area contributed by atoms with Crippen LogP contribution in [-0.4, -0.2) is 17.6 Å². The van der Waals surface area contributed by atoms with E-state index in [1.807, 2.05) is 25.1 Å². The summed E-state index contributed by atoms with van der Waals surface area (Å²) in [5, 5.41) is 11.9. The van der Waals surface area contributed by atoms with Crippen molar-refractivity contribution < 1.29 is 19.1 Å². The Balaban J connectivity index is 1.70. The smallest absolute Gasteiger partial charge is 0.255 e. The molecule has 2 N–H and O–H groups in total. The molecule has 0 radical (unpaired) electrons. The van der Waals surface area contributed by atoms with E-state index < -0.39 is 0 Å². The van der Waals surface area contributed by atoms with Crippen LogP contribution in [0.5, 0.6) is 5.75 Å². The molecule has 0 aliphatic rings. The van der Waals surface area contributed by atoms with Crippen LogP contribution in [0.25, 0.3) is 11.3 Å². The molecule has 25 heavy (non-hydrogen) atoms. The fourth-order valence-corrected chi connectivity index (χ4v) is 2.43. The van der Waals surface area contributed by atoms with Gasteiger partial charge in [-0.3, -0.25) is 4.79 Å². The van der Waals surface area contributed by atoms with E-state index in [9.17, 15) is 4.79 Å². The summed E-state index contributed by atoms with van der Waals surface area (Å²) in [6.07, 6.45) is 0. The Bertz CT molecular complexity index is 852. The molecule has 2 aromatic carbocycles. The molecule has 0 aliphatic heterocycles. The molecule has 128 valence electrons. The largest absolute Gasteiger partial charge is 0.494 e. The number of amides is 1. The third-order valence-electron chi connectivity index (χ3n) is 3.65. The summed E-state index contributed by atoms with van der Waals surface area (Å²) >= 11 is 0. The average molecular weight is 337 g/mol. The van der Waals surface area contributed by atoms with Crippen LogP contribution < -0.4 is 10.1 Å². The number of hydrogen-bond donors (Lipinski definition) is 2. The number of rotatable bonds is 6. The molecule has 1 aromatic heterocycles. The van der Waals surface area contributed by atoms with Crippen molar-refractivity contribution in [2.24, 2.45) is 0 Å². The molecule has 0 saturated carbocycles. The van der Waals surface area contributed by atoms with Crippen molar-refractivity contribution in [3.05, 3.63) is 72.0 Å². The van der Waals surface area contributed by atoms with Crippen molar-refractivity contribution in [2.75, 3.05) is 11.9 Å². The van der Waals surface area contributed by atoms with E-state index in [4.69, 9.17) is 14.3 Å². The van der Waals surface area contributed by atoms with E-state index in [2.05, 4.69) is 5.32 Å². The number of aliphatic hydroxyl groups excluding tert-OH is 1. The lowest BCUT2D eigenvalue weighted by atomic mass is 10.1. The number of aliphatic hydroxyl groups is 1. The molecule has 5 heteroatoms. The Kier molecular flexibility index (Phi) is 5.16. The Morgan fingerprint density at radius 1 is 1.12 bits per heavy atom. The van der Waals surface area contributed by atoms with Crippen molar-refractivity contribution in [1.82, 2.24) is 0 Å². The van der Waals surface area contributed by atoms with Crippen LogP contribution in [0.4, 0.5) is 5.69 Å². The van der Waals surface area contributed by atoms with Crippen LogP contribution in [0.15, 0.2) is 65.1 Å². The van der Waals surface area contributed by atoms with Gasteiger partial charge >= 0.3 is 0 Å². The number of furan rings is 1. The number of carbonyl (C=O) groups is 1. The van der Waals surface area contributed by atoms with Crippen LogP contribution >= 0.6 is 0 Å². The molecular formula is C20H19NO4. The van der Waals surface area contributed by atoms with E-state index in [1.165, 1.54) is 0 Å². The van der Waals surface area contributed by atoms with E-state index in [1.54, 1.807) is 42.5 Å². The highest BCUT2D eigenvalue weighted by molar-refractivity contribution is 6.04. The zero-order valence-electron chi connectivity index (χ0n) is 13.9. The van der Waals surface area contributed by atoms with E-state index in [-0.39, 0.29) is 12.5 Å². The van der Waals surface area contributed by atoms with Gasteiger partial charge in [0.1, 0.15) is 23.9 Å². The predicted octanol–water partition coefficient (Wildman–Crippen LogP) is 4.09. The average Bonchev–Trinajstić information content (AvgIpc) is 3.12. The molecule has 3 aromatic rings. The van der Waals surface area contributed by atoms with Gasteiger partial charge in [-0.2, -0.15) is 0 Å². The SMILES string of the molecule is CCOc1cccc(C(=O)Nc2ccc(-c3ccc(CO)o3)cc2)c1. The topological polar surface area (TPSA) is 71.7 Å². The van der Waals surface area contributed by atoms with Gasteiger partial charge in [-0.25, -0.2) is 0 Å². The number of ether oxygens (including phenoxy) is 1. The standard InChI is InChI=1S/C20H19NO4/c1-2-24-17-5-3-4-15(12-17)20(23)21-16-8-6-14(7-9-16)19-11-10-18(13-22)25-19/h3-12,22H,2,13H2,1H3,(H,21,23). The highest BCUT2D eigenvalue weighted by Gasteiger charge is 2.08. The van der Waals surface area contributed by atoms with Gasteiger partial charge in [-0.05, 0) is 61.5 Å². The minimum absolute atomic E-state index is 0.130. The molecule has 3 rings (SSSR count). The van der Waals surface area contributed by atoms with Gasteiger partial charge in [0.25, 0.3) is 5.91 Å². The Morgan fingerprint density at radius 2 is 1.92 bits per heavy atom. The lowest BCUT2D eigenvalue weighted by Crippen LogP contribution is -2.11. The van der Waals surface area contributed by atoms with Gasteiger partial charge in [0.05, 0.1) is 6.61 Å². The maximum absolute atomic E-state index is 12.4. The second kappa shape index (κ2) is 7.68. The summed E-state index contributed by atoms with van der Waals surface area (Å²) in [5.41, 5.74) is 2.09. The number of hydrogen-bond acceptors (Lipinski definition) is 4. The quantitative estimate of drug-likeness (QED) is 0.711. The van der Waals surface area contributed by atoms with Gasteiger partial charge in [0, 0.05) is 16.8 Å². The lowest BCUT2D eigenvalue weighted by molar-refractivity contribution is 0.102. The number of nitrogens with one attached hydrogen (secondary N) is 1. The molecule has 0 bridgehead atoms. The molecule has 1 amide bonds. The van der Waals surface area contributed by atoms with Crippen LogP contribution in [0.3, 0.4) is 0 Å². The summed E-state index contributed by atoms with van der Waals surface area (Å²) in [6.45, 7) is 2.32. The van der Waals surface area contributed by atoms with Crippen molar-refractivity contribution in [2.45, 2.75) is 13.5 Å². The van der Waals surface area contributed by atoms with Crippen LogP contribution in [0.1, 0.15) is 23.0 Å². The second-order valence-corrected chi connectivity index (χ2v) is 5.42. The third kappa shape index (κ3) is 4.08. The molecule has 0 fully saturated rings. The van der Waals surface area contributed by atoms with Crippen LogP contribution in [-0.2, 0) is 6.61 Å². The maximum Gasteiger partial charge on any atom is 0.255 e. The van der Waals surface area contributed by atoms with Crippen molar-refractivity contribution in [3.63, 3.8) is 0 Å². The predicted molar refractivity (Wildman–Crippen MR) is 95.6 cm³/mol. The van der Waals surface area contributed by atoms with Crippen molar-refractivity contribution >= 4 is 11.6 Å². The fourth-order valence-electron chi connectivity index (χ4n) is 2.43. The number of benzene rings is 2. The molecule has 0 unspecified atom stereocenters. The summed E-state index contributed by atoms with van der Waals surface area (Å²) in [7, 11) is 0. The van der Waals surface area contributed by atoms with Gasteiger partial charge in [-0.15, -0.1) is 0 Å². The normalized spacial score (nSPS) is 10.5. The molecular weight excluding hydrogens is 318 g/mol. The molecule has 5 nitrogen and oxygen atoms in total. The maximum atomic E-state index is 12.4. The molecule has 0 spiro atoms. The molecule has 0 saturated heterocycles. The Labute approximate surface area is 145 Å². The van der Waals surface area contributed by atoms with E-state index in [0.717, 1.165) is 5.56 Å². The summed E-state index contributed by atoms with van der Waals surface area (Å²) < 4.78 is 10.9. The first-order valence-corrected chi connectivity index (χ1v) is 8.04. The number of carbonyl (C=O) groups excluding carboxylic acids is 1. The van der Waals surface area contributed by atoms with E-state index >= 15 is 0 Å². The first kappa shape index (κ1) is 16.8. The molecule has 1 heterocycles. The van der Waals surface area contributed by atoms with Crippen molar-refractivity contribution in [3.8, 4) is 17.1 Å². The first-order chi connectivity index (χ1) is 12.2. The number of anilines is 1. The monoisotopic (exact) mass is 337 g/mol. The van der Waals surface area contributed by atoms with Gasteiger partial charge in [-0.1, -0.05) is 6.07 Å². The zero-order valence-corrected chi connectivity index (χ0v) is 13.9. The lowest BCUT2D eigenvalue weighted by Gasteiger charge is -2.08. The van der Waals surface area contributed by atoms with Crippen LogP contribution in [0.2, 0.25) is 0 Å². The first-order valence-electron chi connectivity index (χ1n) is 8.04. The highest BCUT2D eigenvalue weighted by Crippen LogP contribution is 2.24. The van der Waals surface area contributed by atoms with Crippen LogP contribution in [0, 0.1) is 0 Å². The Morgan fingerprint density at radius 3 is 2.60 bits per heavy atom. The van der Waals surface area contributed by atoms with Gasteiger partial charge in [0.2, 0.25) is 0 Å². The zero-order chi connectivity index (χ0) is 17.6.